The summed E-state index contributed by atoms with van der Waals surface area (Å²) in [5.41, 5.74) is 9.90. The van der Waals surface area contributed by atoms with Crippen molar-refractivity contribution in [2.75, 3.05) is 17.1 Å². The van der Waals surface area contributed by atoms with Crippen LogP contribution in [0, 0.1) is 34.6 Å². The van der Waals surface area contributed by atoms with Crippen molar-refractivity contribution < 1.29 is 13.2 Å². The zero-order valence-electron chi connectivity index (χ0n) is 19.9. The Bertz CT molecular complexity index is 1300. The van der Waals surface area contributed by atoms with Crippen molar-refractivity contribution in [3.05, 3.63) is 82.2 Å². The predicted octanol–water partition coefficient (Wildman–Crippen LogP) is 3.94. The van der Waals surface area contributed by atoms with Crippen LogP contribution in [0.3, 0.4) is 0 Å². The number of hydrazone groups is 1. The van der Waals surface area contributed by atoms with Gasteiger partial charge in [-0.1, -0.05) is 24.3 Å². The van der Waals surface area contributed by atoms with Gasteiger partial charge in [-0.05, 0) is 75.6 Å². The third-order valence-electron chi connectivity index (χ3n) is 5.40. The number of anilines is 1. The maximum Gasteiger partial charge on any atom is 0.260 e. The third-order valence-corrected chi connectivity index (χ3v) is 6.54. The van der Waals surface area contributed by atoms with E-state index in [1.165, 1.54) is 0 Å². The minimum Gasteiger partial charge on any atom is -0.318 e. The van der Waals surface area contributed by atoms with Gasteiger partial charge in [-0.15, -0.1) is 0 Å². The quantitative estimate of drug-likeness (QED) is 0.423. The standard InChI is InChI=1S/C25H30N4O3S/c1-17-11-18(2)13-23(12-17)28(33(6,31)32)16-25(30)27-26-15-22-14-20(4)29(21(22)5)24-10-8-7-9-19(24)3/h7-15H,16H2,1-6H3,(H,27,30)/b26-15-. The van der Waals surface area contributed by atoms with Crippen molar-refractivity contribution in [1.82, 2.24) is 9.99 Å². The van der Waals surface area contributed by atoms with Crippen molar-refractivity contribution in [3.8, 4) is 5.69 Å². The molecule has 3 aromatic rings. The van der Waals surface area contributed by atoms with Crippen molar-refractivity contribution >= 4 is 27.8 Å². The Hall–Kier alpha value is -3.39. The summed E-state index contributed by atoms with van der Waals surface area (Å²) in [6.07, 6.45) is 2.66. The van der Waals surface area contributed by atoms with Crippen LogP contribution in [0.5, 0.6) is 0 Å². The number of benzene rings is 2. The van der Waals surface area contributed by atoms with Crippen molar-refractivity contribution in [1.29, 1.82) is 0 Å². The van der Waals surface area contributed by atoms with Crippen molar-refractivity contribution in [2.24, 2.45) is 5.10 Å². The van der Waals surface area contributed by atoms with Gasteiger partial charge in [0.1, 0.15) is 6.54 Å². The number of nitrogens with one attached hydrogen (secondary N) is 1. The van der Waals surface area contributed by atoms with Gasteiger partial charge in [0.05, 0.1) is 18.2 Å². The van der Waals surface area contributed by atoms with Crippen LogP contribution in [0.25, 0.3) is 5.69 Å². The van der Waals surface area contributed by atoms with Crippen LogP contribution in [0.1, 0.15) is 33.6 Å². The summed E-state index contributed by atoms with van der Waals surface area (Å²) in [6.45, 7) is 9.48. The second-order valence-corrected chi connectivity index (χ2v) is 10.3. The van der Waals surface area contributed by atoms with Gasteiger partial charge in [0.25, 0.3) is 5.91 Å². The number of carbonyl (C=O) groups excluding carboxylic acids is 1. The first-order valence-corrected chi connectivity index (χ1v) is 12.4. The maximum absolute atomic E-state index is 12.5. The number of nitrogens with zero attached hydrogens (tertiary/aromatic N) is 3. The molecule has 0 fully saturated rings. The van der Waals surface area contributed by atoms with E-state index in [-0.39, 0.29) is 6.54 Å². The molecule has 7 nitrogen and oxygen atoms in total. The SMILES string of the molecule is Cc1cc(C)cc(N(CC(=O)N/N=C\c2cc(C)n(-c3ccccc3C)c2C)S(C)(=O)=O)c1. The number of hydrogen-bond donors (Lipinski definition) is 1. The molecule has 1 aromatic heterocycles. The number of para-hydroxylation sites is 1. The van der Waals surface area contributed by atoms with Gasteiger partial charge in [-0.2, -0.15) is 5.10 Å². The van der Waals surface area contributed by atoms with Crippen LogP contribution in [0.2, 0.25) is 0 Å². The van der Waals surface area contributed by atoms with Crippen LogP contribution in [-0.4, -0.2) is 37.9 Å². The van der Waals surface area contributed by atoms with E-state index < -0.39 is 15.9 Å². The van der Waals surface area contributed by atoms with Gasteiger partial charge in [0.15, 0.2) is 0 Å². The van der Waals surface area contributed by atoms with Crippen molar-refractivity contribution in [3.63, 3.8) is 0 Å². The van der Waals surface area contributed by atoms with Gasteiger partial charge in [0.2, 0.25) is 10.0 Å². The monoisotopic (exact) mass is 466 g/mol. The number of hydrogen-bond acceptors (Lipinski definition) is 4. The molecule has 0 saturated heterocycles. The Kier molecular flexibility index (Phi) is 7.07. The first kappa shape index (κ1) is 24.3. The Morgan fingerprint density at radius 1 is 1.03 bits per heavy atom. The van der Waals surface area contributed by atoms with Gasteiger partial charge < -0.3 is 4.57 Å². The smallest absolute Gasteiger partial charge is 0.260 e. The number of sulfonamides is 1. The molecule has 2 aromatic carbocycles. The molecule has 0 saturated carbocycles. The topological polar surface area (TPSA) is 83.8 Å². The molecule has 0 spiro atoms. The molecule has 0 aliphatic heterocycles. The molecule has 1 amide bonds. The molecule has 0 atom stereocenters. The van der Waals surface area contributed by atoms with E-state index in [1.54, 1.807) is 18.3 Å². The Morgan fingerprint density at radius 2 is 1.67 bits per heavy atom. The van der Waals surface area contributed by atoms with Gasteiger partial charge in [-0.25, -0.2) is 13.8 Å². The largest absolute Gasteiger partial charge is 0.318 e. The summed E-state index contributed by atoms with van der Waals surface area (Å²) in [5.74, 6) is -0.524. The number of amides is 1. The fourth-order valence-corrected chi connectivity index (χ4v) is 4.78. The van der Waals surface area contributed by atoms with Gasteiger partial charge >= 0.3 is 0 Å². The van der Waals surface area contributed by atoms with E-state index >= 15 is 0 Å². The summed E-state index contributed by atoms with van der Waals surface area (Å²) in [5, 5.41) is 4.08. The molecule has 1 heterocycles. The average Bonchev–Trinajstić information content (AvgIpc) is 2.98. The molecule has 1 N–H and O–H groups in total. The molecular formula is C25H30N4O3S. The number of rotatable bonds is 7. The van der Waals surface area contributed by atoms with Crippen LogP contribution in [0.15, 0.2) is 53.6 Å². The molecule has 174 valence electrons. The maximum atomic E-state index is 12.5. The highest BCUT2D eigenvalue weighted by Gasteiger charge is 2.21. The van der Waals surface area contributed by atoms with E-state index in [0.717, 1.165) is 49.9 Å². The minimum absolute atomic E-state index is 0.360. The van der Waals surface area contributed by atoms with Crippen LogP contribution in [-0.2, 0) is 14.8 Å². The number of aryl methyl sites for hydroxylation is 4. The summed E-state index contributed by atoms with van der Waals surface area (Å²) >= 11 is 0. The summed E-state index contributed by atoms with van der Waals surface area (Å²) < 4.78 is 27.9. The van der Waals surface area contributed by atoms with Crippen LogP contribution >= 0.6 is 0 Å². The third kappa shape index (κ3) is 5.70. The summed E-state index contributed by atoms with van der Waals surface area (Å²) in [7, 11) is -3.65. The molecular weight excluding hydrogens is 436 g/mol. The Labute approximate surface area is 195 Å². The molecule has 0 aliphatic rings. The summed E-state index contributed by atoms with van der Waals surface area (Å²) in [6, 6.07) is 15.5. The average molecular weight is 467 g/mol. The fourth-order valence-electron chi connectivity index (χ4n) is 3.94. The lowest BCUT2D eigenvalue weighted by Crippen LogP contribution is -2.39. The van der Waals surface area contributed by atoms with Crippen LogP contribution in [0.4, 0.5) is 5.69 Å². The lowest BCUT2D eigenvalue weighted by Gasteiger charge is -2.22. The molecule has 0 aliphatic carbocycles. The fraction of sp³-hybridized carbons (Fsp3) is 0.280. The Balaban J connectivity index is 1.77. The van der Waals surface area contributed by atoms with Crippen molar-refractivity contribution in [2.45, 2.75) is 34.6 Å². The highest BCUT2D eigenvalue weighted by molar-refractivity contribution is 7.92. The first-order chi connectivity index (χ1) is 15.5. The minimum atomic E-state index is -3.65. The van der Waals surface area contributed by atoms with Gasteiger partial charge in [0, 0.05) is 22.6 Å². The zero-order chi connectivity index (χ0) is 24.3. The van der Waals surface area contributed by atoms with E-state index in [9.17, 15) is 13.2 Å². The first-order valence-electron chi connectivity index (χ1n) is 10.6. The predicted molar refractivity (Wildman–Crippen MR) is 134 cm³/mol. The molecule has 3 rings (SSSR count). The highest BCUT2D eigenvalue weighted by atomic mass is 32.2. The molecule has 0 unspecified atom stereocenters. The molecule has 8 heteroatoms. The molecule has 0 bridgehead atoms. The highest BCUT2D eigenvalue weighted by Crippen LogP contribution is 2.23. The summed E-state index contributed by atoms with van der Waals surface area (Å²) in [4.78, 5) is 12.5. The van der Waals surface area contributed by atoms with E-state index in [0.29, 0.717) is 5.69 Å². The molecule has 0 radical (unpaired) electrons. The zero-order valence-corrected chi connectivity index (χ0v) is 20.7. The second-order valence-electron chi connectivity index (χ2n) is 8.36. The second kappa shape index (κ2) is 9.62. The van der Waals surface area contributed by atoms with E-state index in [2.05, 4.69) is 34.2 Å². The molecule has 33 heavy (non-hydrogen) atoms. The van der Waals surface area contributed by atoms with E-state index in [1.807, 2.05) is 52.0 Å². The van der Waals surface area contributed by atoms with Gasteiger partial charge in [-0.3, -0.25) is 9.10 Å². The number of carbonyl (C=O) groups is 1. The van der Waals surface area contributed by atoms with E-state index in [4.69, 9.17) is 0 Å². The normalized spacial score (nSPS) is 11.7. The lowest BCUT2D eigenvalue weighted by atomic mass is 10.1. The lowest BCUT2D eigenvalue weighted by molar-refractivity contribution is -0.119. The number of aromatic nitrogens is 1. The Morgan fingerprint density at radius 3 is 2.27 bits per heavy atom. The van der Waals surface area contributed by atoms with Crippen LogP contribution < -0.4 is 9.73 Å².